The summed E-state index contributed by atoms with van der Waals surface area (Å²) in [6.07, 6.45) is 0. The van der Waals surface area contributed by atoms with Crippen molar-refractivity contribution < 1.29 is 8.85 Å². The molecule has 102 valence electrons. The minimum Gasteiger partial charge on any atom is -0.424 e. The van der Waals surface area contributed by atoms with Gasteiger partial charge in [-0.1, -0.05) is 29.7 Å². The lowest BCUT2D eigenvalue weighted by Crippen LogP contribution is -2.22. The van der Waals surface area contributed by atoms with Crippen LogP contribution in [0.1, 0.15) is 29.7 Å². The molecule has 0 bridgehead atoms. The van der Waals surface area contributed by atoms with E-state index in [1.165, 1.54) is 0 Å². The van der Waals surface area contributed by atoms with Crippen molar-refractivity contribution in [3.8, 4) is 0 Å². The van der Waals surface area contributed by atoms with Gasteiger partial charge in [0.1, 0.15) is 0 Å². The maximum Gasteiger partial charge on any atom is 0.183 e. The Morgan fingerprint density at radius 1 is 0.800 bits per heavy atom. The zero-order valence-electron chi connectivity index (χ0n) is 8.89. The standard InChI is InChI=1S/C4H12OSi.C3H10OSi.4CH4/c1-5-6(2,3)4;1-4-5(2)3;;;;/h1-4H3;5H,1-3H3;4*1H4. The second kappa shape index (κ2) is 19.9. The molecule has 0 amide bonds. The maximum atomic E-state index is 5.08. The normalized spacial score (nSPS) is 8.00. The molecule has 0 rings (SSSR count). The molecule has 4 heteroatoms. The van der Waals surface area contributed by atoms with E-state index in [9.17, 15) is 0 Å². The average Bonchev–Trinajstić information content (AvgIpc) is 1.88. The van der Waals surface area contributed by atoms with Crippen molar-refractivity contribution in [2.24, 2.45) is 0 Å². The zero-order chi connectivity index (χ0) is 9.49. The van der Waals surface area contributed by atoms with Crippen molar-refractivity contribution in [1.29, 1.82) is 0 Å². The summed E-state index contributed by atoms with van der Waals surface area (Å²) in [4.78, 5) is 0. The molecule has 0 saturated carbocycles. The molecule has 0 unspecified atom stereocenters. The van der Waals surface area contributed by atoms with E-state index >= 15 is 0 Å². The molecule has 0 spiro atoms. The Balaban J connectivity index is -0.0000000215. The fraction of sp³-hybridized carbons (Fsp3) is 1.00. The summed E-state index contributed by atoms with van der Waals surface area (Å²) >= 11 is 0. The molecule has 0 fully saturated rings. The van der Waals surface area contributed by atoms with Gasteiger partial charge in [-0.15, -0.1) is 0 Å². The summed E-state index contributed by atoms with van der Waals surface area (Å²) in [5.41, 5.74) is 0. The van der Waals surface area contributed by atoms with Gasteiger partial charge in [0, 0.05) is 14.2 Å². The van der Waals surface area contributed by atoms with E-state index in [2.05, 4.69) is 32.7 Å². The van der Waals surface area contributed by atoms with Gasteiger partial charge in [0.25, 0.3) is 0 Å². The molecule has 0 aliphatic heterocycles. The van der Waals surface area contributed by atoms with E-state index < -0.39 is 17.4 Å². The summed E-state index contributed by atoms with van der Waals surface area (Å²) in [7, 11) is 1.75. The molecule has 0 aromatic carbocycles. The summed E-state index contributed by atoms with van der Waals surface area (Å²) in [5, 5.41) is 0. The highest BCUT2D eigenvalue weighted by Crippen LogP contribution is 1.97. The molecule has 0 aliphatic carbocycles. The molecule has 0 aliphatic rings. The van der Waals surface area contributed by atoms with Crippen molar-refractivity contribution in [2.75, 3.05) is 14.2 Å². The van der Waals surface area contributed by atoms with Crippen molar-refractivity contribution in [3.63, 3.8) is 0 Å². The van der Waals surface area contributed by atoms with Crippen LogP contribution in [0.4, 0.5) is 0 Å². The molecule has 0 saturated heterocycles. The predicted molar refractivity (Wildman–Crippen MR) is 83.2 cm³/mol. The van der Waals surface area contributed by atoms with E-state index in [-0.39, 0.29) is 29.7 Å². The first kappa shape index (κ1) is 36.2. The van der Waals surface area contributed by atoms with Crippen molar-refractivity contribution >= 4 is 17.4 Å². The molecular formula is C11H38O2Si2. The topological polar surface area (TPSA) is 18.5 Å². The SMILES string of the molecule is C.C.C.C.CO[SiH](C)C.CO[Si](C)(C)C. The molecule has 15 heavy (non-hydrogen) atoms. The summed E-state index contributed by atoms with van der Waals surface area (Å²) in [6, 6.07) is 0. The third-order valence-corrected chi connectivity index (χ3v) is 3.25. The number of hydrogen-bond donors (Lipinski definition) is 0. The van der Waals surface area contributed by atoms with Crippen LogP contribution in [0, 0.1) is 0 Å². The van der Waals surface area contributed by atoms with E-state index in [1.54, 1.807) is 14.2 Å². The van der Waals surface area contributed by atoms with E-state index in [0.29, 0.717) is 0 Å². The van der Waals surface area contributed by atoms with Gasteiger partial charge in [0.2, 0.25) is 0 Å². The maximum absolute atomic E-state index is 5.08. The molecule has 0 aromatic heterocycles. The summed E-state index contributed by atoms with van der Waals surface area (Å²) in [6.45, 7) is 10.8. The van der Waals surface area contributed by atoms with Gasteiger partial charge < -0.3 is 8.85 Å². The highest BCUT2D eigenvalue weighted by atomic mass is 28.4. The molecule has 0 N–H and O–H groups in total. The van der Waals surface area contributed by atoms with Gasteiger partial charge >= 0.3 is 0 Å². The van der Waals surface area contributed by atoms with Gasteiger partial charge in [-0.25, -0.2) is 0 Å². The Morgan fingerprint density at radius 3 is 0.933 bits per heavy atom. The molecule has 2 nitrogen and oxygen atoms in total. The first-order valence-electron chi connectivity index (χ1n) is 3.91. The van der Waals surface area contributed by atoms with Gasteiger partial charge in [-0.2, -0.15) is 0 Å². The van der Waals surface area contributed by atoms with Crippen molar-refractivity contribution in [3.05, 3.63) is 0 Å². The van der Waals surface area contributed by atoms with Gasteiger partial charge in [0.05, 0.1) is 0 Å². The van der Waals surface area contributed by atoms with E-state index in [1.807, 2.05) is 0 Å². The number of hydrogen-bond acceptors (Lipinski definition) is 2. The fourth-order valence-electron chi connectivity index (χ4n) is 0. The predicted octanol–water partition coefficient (Wildman–Crippen LogP) is 4.63. The Labute approximate surface area is 103 Å². The first-order chi connectivity index (χ1) is 4.83. The van der Waals surface area contributed by atoms with E-state index in [0.717, 1.165) is 0 Å². The van der Waals surface area contributed by atoms with Crippen LogP contribution >= 0.6 is 0 Å². The van der Waals surface area contributed by atoms with E-state index in [4.69, 9.17) is 8.85 Å². The van der Waals surface area contributed by atoms with Crippen molar-refractivity contribution in [1.82, 2.24) is 0 Å². The molecule has 0 aromatic rings. The van der Waals surface area contributed by atoms with Crippen LogP contribution in [0.25, 0.3) is 0 Å². The minimum atomic E-state index is -1.13. The first-order valence-corrected chi connectivity index (χ1v) is 10.1. The van der Waals surface area contributed by atoms with Crippen LogP contribution in [0.2, 0.25) is 32.7 Å². The van der Waals surface area contributed by atoms with Crippen LogP contribution in [-0.2, 0) is 8.85 Å². The van der Waals surface area contributed by atoms with Crippen LogP contribution in [0.5, 0.6) is 0 Å². The second-order valence-corrected chi connectivity index (χ2v) is 10.8. The van der Waals surface area contributed by atoms with Crippen molar-refractivity contribution in [2.45, 2.75) is 62.4 Å². The minimum absolute atomic E-state index is 0. The lowest BCUT2D eigenvalue weighted by Gasteiger charge is -2.10. The quantitative estimate of drug-likeness (QED) is 0.673. The molecule has 0 radical (unpaired) electrons. The van der Waals surface area contributed by atoms with Crippen LogP contribution < -0.4 is 0 Å². The smallest absolute Gasteiger partial charge is 0.183 e. The Hall–Kier alpha value is 0.354. The highest BCUT2D eigenvalue weighted by Gasteiger charge is 2.09. The third kappa shape index (κ3) is 76.4. The van der Waals surface area contributed by atoms with Gasteiger partial charge in [-0.3, -0.25) is 0 Å². The Kier molecular flexibility index (Phi) is 47.9. The summed E-state index contributed by atoms with van der Waals surface area (Å²) < 4.78 is 9.97. The monoisotopic (exact) mass is 258 g/mol. The molecule has 0 atom stereocenters. The lowest BCUT2D eigenvalue weighted by molar-refractivity contribution is 0.411. The average molecular weight is 259 g/mol. The fourth-order valence-corrected chi connectivity index (χ4v) is 0. The zero-order valence-corrected chi connectivity index (χ0v) is 11.0. The molecule has 0 heterocycles. The van der Waals surface area contributed by atoms with Gasteiger partial charge in [0.15, 0.2) is 17.4 Å². The lowest BCUT2D eigenvalue weighted by atomic mass is 11.8. The van der Waals surface area contributed by atoms with Gasteiger partial charge in [-0.05, 0) is 32.7 Å². The Morgan fingerprint density at radius 2 is 0.933 bits per heavy atom. The highest BCUT2D eigenvalue weighted by molar-refractivity contribution is 6.69. The van der Waals surface area contributed by atoms with Crippen LogP contribution in [-0.4, -0.2) is 31.6 Å². The largest absolute Gasteiger partial charge is 0.424 e. The Bertz CT molecular complexity index is 81.1. The third-order valence-electron chi connectivity index (χ3n) is 1.08. The molecular weight excluding hydrogens is 220 g/mol. The second-order valence-electron chi connectivity index (χ2n) is 3.60. The summed E-state index contributed by atoms with van der Waals surface area (Å²) in [5.74, 6) is 0. The van der Waals surface area contributed by atoms with Crippen LogP contribution in [0.3, 0.4) is 0 Å². The van der Waals surface area contributed by atoms with Crippen LogP contribution in [0.15, 0.2) is 0 Å². The number of rotatable bonds is 2.